The highest BCUT2D eigenvalue weighted by Gasteiger charge is 2.27. The summed E-state index contributed by atoms with van der Waals surface area (Å²) in [4.78, 5) is 13.4. The van der Waals surface area contributed by atoms with Crippen molar-refractivity contribution in [3.63, 3.8) is 0 Å². The van der Waals surface area contributed by atoms with Gasteiger partial charge in [0.2, 0.25) is 15.9 Å². The number of rotatable bonds is 8. The van der Waals surface area contributed by atoms with E-state index in [9.17, 15) is 13.2 Å². The van der Waals surface area contributed by atoms with Gasteiger partial charge in [-0.25, -0.2) is 8.42 Å². The van der Waals surface area contributed by atoms with Crippen LogP contribution in [0, 0.1) is 20.8 Å². The van der Waals surface area contributed by atoms with Crippen LogP contribution < -0.4 is 10.0 Å². The van der Waals surface area contributed by atoms with Crippen molar-refractivity contribution in [2.24, 2.45) is 0 Å². The first kappa shape index (κ1) is 25.0. The van der Waals surface area contributed by atoms with Crippen molar-refractivity contribution in [3.8, 4) is 0 Å². The number of hydrogen-bond acceptors (Lipinski definition) is 3. The van der Waals surface area contributed by atoms with Gasteiger partial charge in [0.05, 0.1) is 10.9 Å². The Bertz CT molecular complexity index is 1230. The van der Waals surface area contributed by atoms with Gasteiger partial charge in [0.25, 0.3) is 0 Å². The second-order valence-corrected chi connectivity index (χ2v) is 10.5. The second kappa shape index (κ2) is 10.5. The molecule has 1 amide bonds. The zero-order valence-electron chi connectivity index (χ0n) is 19.2. The summed E-state index contributed by atoms with van der Waals surface area (Å²) in [7, 11) is -3.93. The van der Waals surface area contributed by atoms with Crippen molar-refractivity contribution in [1.29, 1.82) is 0 Å². The molecule has 0 spiro atoms. The Morgan fingerprint density at radius 1 is 0.909 bits per heavy atom. The van der Waals surface area contributed by atoms with Crippen molar-refractivity contribution in [2.75, 3.05) is 0 Å². The Kier molecular flexibility index (Phi) is 7.95. The molecule has 3 aromatic rings. The lowest BCUT2D eigenvalue weighted by atomic mass is 9.96. The smallest absolute Gasteiger partial charge is 0.241 e. The van der Waals surface area contributed by atoms with Crippen LogP contribution in [0.15, 0.2) is 71.6 Å². The zero-order valence-corrected chi connectivity index (χ0v) is 20.8. The Hall–Kier alpha value is -2.67. The number of carbonyl (C=O) groups is 1. The molecule has 2 atom stereocenters. The molecule has 0 aliphatic rings. The number of halogens is 1. The van der Waals surface area contributed by atoms with Crippen LogP contribution in [0.4, 0.5) is 0 Å². The molecule has 0 heterocycles. The van der Waals surface area contributed by atoms with Crippen LogP contribution in [-0.4, -0.2) is 20.4 Å². The van der Waals surface area contributed by atoms with Crippen LogP contribution in [0.3, 0.4) is 0 Å². The molecule has 7 heteroatoms. The number of aryl methyl sites for hydroxylation is 3. The Balaban J connectivity index is 1.86. The van der Waals surface area contributed by atoms with Crippen LogP contribution in [-0.2, 0) is 21.2 Å². The molecule has 0 aliphatic heterocycles. The maximum Gasteiger partial charge on any atom is 0.241 e. The van der Waals surface area contributed by atoms with E-state index in [1.54, 1.807) is 0 Å². The molecule has 174 valence electrons. The highest BCUT2D eigenvalue weighted by molar-refractivity contribution is 7.89. The summed E-state index contributed by atoms with van der Waals surface area (Å²) in [5.41, 5.74) is 5.26. The van der Waals surface area contributed by atoms with Crippen molar-refractivity contribution >= 4 is 27.5 Å². The monoisotopic (exact) mass is 484 g/mol. The van der Waals surface area contributed by atoms with E-state index in [0.717, 1.165) is 22.3 Å². The lowest BCUT2D eigenvalue weighted by molar-refractivity contribution is -0.123. The number of sulfonamides is 1. The number of nitrogens with one attached hydrogen (secondary N) is 2. The molecule has 0 saturated carbocycles. The highest BCUT2D eigenvalue weighted by atomic mass is 35.5. The van der Waals surface area contributed by atoms with Crippen molar-refractivity contribution in [2.45, 2.75) is 51.1 Å². The third-order valence-electron chi connectivity index (χ3n) is 5.73. The molecule has 0 unspecified atom stereocenters. The standard InChI is InChI=1S/C26H29ClN2O3S/c1-17-14-19(3)24(15-18(17)2)20(4)28-26(30)25(16-21-8-6-5-7-9-21)29-33(31,32)23-12-10-22(27)11-13-23/h5-15,20,25,29H,16H2,1-4H3,(H,28,30)/t20-,25+/m0/s1. The third-order valence-corrected chi connectivity index (χ3v) is 7.47. The molecule has 5 nitrogen and oxygen atoms in total. The predicted octanol–water partition coefficient (Wildman–Crippen LogP) is 5.03. The van der Waals surface area contributed by atoms with Gasteiger partial charge < -0.3 is 5.32 Å². The van der Waals surface area contributed by atoms with Gasteiger partial charge in [-0.2, -0.15) is 4.72 Å². The van der Waals surface area contributed by atoms with Crippen molar-refractivity contribution < 1.29 is 13.2 Å². The van der Waals surface area contributed by atoms with Gasteiger partial charge in [-0.1, -0.05) is 54.1 Å². The zero-order chi connectivity index (χ0) is 24.2. The van der Waals surface area contributed by atoms with Crippen LogP contribution in [0.25, 0.3) is 0 Å². The molecular weight excluding hydrogens is 456 g/mol. The number of carbonyl (C=O) groups excluding carboxylic acids is 1. The molecular formula is C26H29ClN2O3S. The SMILES string of the molecule is Cc1cc(C)c([C@H](C)NC(=O)[C@@H](Cc2ccccc2)NS(=O)(=O)c2ccc(Cl)cc2)cc1C. The summed E-state index contributed by atoms with van der Waals surface area (Å²) in [5.74, 6) is -0.387. The van der Waals surface area contributed by atoms with Crippen LogP contribution >= 0.6 is 11.6 Å². The molecule has 0 bridgehead atoms. The van der Waals surface area contributed by atoms with E-state index >= 15 is 0 Å². The van der Waals surface area contributed by atoms with E-state index in [0.29, 0.717) is 5.02 Å². The quantitative estimate of drug-likeness (QED) is 0.470. The molecule has 0 saturated heterocycles. The van der Waals surface area contributed by atoms with Gasteiger partial charge >= 0.3 is 0 Å². The molecule has 2 N–H and O–H groups in total. The summed E-state index contributed by atoms with van der Waals surface area (Å²) >= 11 is 5.89. The van der Waals surface area contributed by atoms with Gasteiger partial charge in [0.15, 0.2) is 0 Å². The first-order chi connectivity index (χ1) is 15.6. The fourth-order valence-electron chi connectivity index (χ4n) is 3.75. The third kappa shape index (κ3) is 6.44. The normalized spacial score (nSPS) is 13.4. The first-order valence-corrected chi connectivity index (χ1v) is 12.6. The van der Waals surface area contributed by atoms with E-state index in [4.69, 9.17) is 11.6 Å². The molecule has 0 fully saturated rings. The van der Waals surface area contributed by atoms with Crippen molar-refractivity contribution in [3.05, 3.63) is 99.6 Å². The maximum atomic E-state index is 13.3. The minimum absolute atomic E-state index is 0.0517. The van der Waals surface area contributed by atoms with E-state index in [2.05, 4.69) is 29.1 Å². The number of hydrogen-bond donors (Lipinski definition) is 2. The first-order valence-electron chi connectivity index (χ1n) is 10.8. The topological polar surface area (TPSA) is 75.3 Å². The number of amides is 1. The highest BCUT2D eigenvalue weighted by Crippen LogP contribution is 2.22. The molecule has 0 radical (unpaired) electrons. The molecule has 3 rings (SSSR count). The average Bonchev–Trinajstić information content (AvgIpc) is 2.76. The number of benzene rings is 3. The summed E-state index contributed by atoms with van der Waals surface area (Å²) in [6, 6.07) is 18.1. The lowest BCUT2D eigenvalue weighted by Gasteiger charge is -2.23. The molecule has 0 aliphatic carbocycles. The van der Waals surface area contributed by atoms with E-state index in [1.165, 1.54) is 29.8 Å². The van der Waals surface area contributed by atoms with Crippen molar-refractivity contribution in [1.82, 2.24) is 10.0 Å². The molecule has 0 aromatic heterocycles. The average molecular weight is 485 g/mol. The predicted molar refractivity (Wildman–Crippen MR) is 133 cm³/mol. The summed E-state index contributed by atoms with van der Waals surface area (Å²) in [6.45, 7) is 8.00. The van der Waals surface area contributed by atoms with Gasteiger partial charge in [-0.15, -0.1) is 0 Å². The fraction of sp³-hybridized carbons (Fsp3) is 0.269. The fourth-order valence-corrected chi connectivity index (χ4v) is 5.07. The van der Waals surface area contributed by atoms with Gasteiger partial charge in [-0.3, -0.25) is 4.79 Å². The molecule has 33 heavy (non-hydrogen) atoms. The Morgan fingerprint density at radius 2 is 1.52 bits per heavy atom. The largest absolute Gasteiger partial charge is 0.348 e. The van der Waals surface area contributed by atoms with E-state index < -0.39 is 16.1 Å². The Morgan fingerprint density at radius 3 is 2.15 bits per heavy atom. The summed E-state index contributed by atoms with van der Waals surface area (Å²) in [6.07, 6.45) is 0.220. The minimum Gasteiger partial charge on any atom is -0.348 e. The van der Waals surface area contributed by atoms with Crippen LogP contribution in [0.1, 0.15) is 40.8 Å². The second-order valence-electron chi connectivity index (χ2n) is 8.34. The summed E-state index contributed by atoms with van der Waals surface area (Å²) in [5, 5.41) is 3.44. The summed E-state index contributed by atoms with van der Waals surface area (Å²) < 4.78 is 28.6. The van der Waals surface area contributed by atoms with Gasteiger partial charge in [0, 0.05) is 5.02 Å². The van der Waals surface area contributed by atoms with Gasteiger partial charge in [-0.05, 0) is 86.2 Å². The van der Waals surface area contributed by atoms with E-state index in [-0.39, 0.29) is 23.3 Å². The lowest BCUT2D eigenvalue weighted by Crippen LogP contribution is -2.48. The maximum absolute atomic E-state index is 13.3. The minimum atomic E-state index is -3.93. The van der Waals surface area contributed by atoms with Gasteiger partial charge in [0.1, 0.15) is 6.04 Å². The van der Waals surface area contributed by atoms with Crippen LogP contribution in [0.5, 0.6) is 0 Å². The van der Waals surface area contributed by atoms with E-state index in [1.807, 2.05) is 51.1 Å². The van der Waals surface area contributed by atoms with Crippen LogP contribution in [0.2, 0.25) is 5.02 Å². The molecule has 3 aromatic carbocycles. The Labute approximate surface area is 201 Å².